The number of aliphatic hydroxyl groups excluding tert-OH is 1. The number of halogens is 1. The van der Waals surface area contributed by atoms with Gasteiger partial charge in [-0.2, -0.15) is 0 Å². The van der Waals surface area contributed by atoms with Gasteiger partial charge in [-0.05, 0) is 43.7 Å². The van der Waals surface area contributed by atoms with Gasteiger partial charge in [0.25, 0.3) is 0 Å². The molecule has 7 nitrogen and oxygen atoms in total. The van der Waals surface area contributed by atoms with Crippen molar-refractivity contribution >= 4 is 0 Å². The van der Waals surface area contributed by atoms with Crippen LogP contribution in [0, 0.1) is 12.7 Å². The second-order valence-corrected chi connectivity index (χ2v) is 6.51. The third kappa shape index (κ3) is 3.29. The van der Waals surface area contributed by atoms with Crippen LogP contribution >= 0.6 is 0 Å². The van der Waals surface area contributed by atoms with Gasteiger partial charge in [0.05, 0.1) is 24.4 Å². The lowest BCUT2D eigenvalue weighted by atomic mass is 10.1. The van der Waals surface area contributed by atoms with E-state index < -0.39 is 0 Å². The molecule has 4 rings (SSSR count). The minimum absolute atomic E-state index is 0.0457. The number of aryl methyl sites for hydroxylation is 1. The summed E-state index contributed by atoms with van der Waals surface area (Å²) >= 11 is 0. The SMILES string of the molecule is Cc1ccc(-c2cnc(-c3cccc(-c4nncn4C(C)CO)n3)o2)c(F)c1. The van der Waals surface area contributed by atoms with Crippen LogP contribution in [-0.4, -0.2) is 36.4 Å². The molecule has 0 saturated heterocycles. The summed E-state index contributed by atoms with van der Waals surface area (Å²) in [5.41, 5.74) is 2.23. The van der Waals surface area contributed by atoms with Crippen LogP contribution in [0.1, 0.15) is 18.5 Å². The van der Waals surface area contributed by atoms with Crippen molar-refractivity contribution in [3.8, 4) is 34.4 Å². The molecule has 1 atom stereocenters. The number of pyridine rings is 1. The molecule has 0 amide bonds. The van der Waals surface area contributed by atoms with E-state index in [9.17, 15) is 9.50 Å². The first-order valence-corrected chi connectivity index (χ1v) is 8.77. The van der Waals surface area contributed by atoms with E-state index in [0.717, 1.165) is 5.56 Å². The zero-order valence-electron chi connectivity index (χ0n) is 15.4. The van der Waals surface area contributed by atoms with Crippen molar-refractivity contribution in [2.24, 2.45) is 0 Å². The fraction of sp³-hybridized carbons (Fsp3) is 0.200. The van der Waals surface area contributed by atoms with Crippen LogP contribution < -0.4 is 0 Å². The summed E-state index contributed by atoms with van der Waals surface area (Å²) in [5, 5.41) is 17.4. The second-order valence-electron chi connectivity index (χ2n) is 6.51. The molecule has 0 spiro atoms. The van der Waals surface area contributed by atoms with Crippen molar-refractivity contribution in [3.63, 3.8) is 0 Å². The largest absolute Gasteiger partial charge is 0.435 e. The normalized spacial score (nSPS) is 12.3. The van der Waals surface area contributed by atoms with Crippen molar-refractivity contribution in [2.75, 3.05) is 6.61 Å². The zero-order chi connectivity index (χ0) is 19.7. The second kappa shape index (κ2) is 7.32. The van der Waals surface area contributed by atoms with Crippen molar-refractivity contribution in [3.05, 3.63) is 60.3 Å². The number of hydrogen-bond donors (Lipinski definition) is 1. The van der Waals surface area contributed by atoms with E-state index in [4.69, 9.17) is 4.42 Å². The number of aromatic nitrogens is 5. The van der Waals surface area contributed by atoms with Gasteiger partial charge in [0.2, 0.25) is 5.89 Å². The predicted molar refractivity (Wildman–Crippen MR) is 101 cm³/mol. The lowest BCUT2D eigenvalue weighted by molar-refractivity contribution is 0.239. The number of hydrogen-bond acceptors (Lipinski definition) is 6. The van der Waals surface area contributed by atoms with Gasteiger partial charge in [-0.15, -0.1) is 10.2 Å². The Morgan fingerprint density at radius 1 is 1.21 bits per heavy atom. The lowest BCUT2D eigenvalue weighted by Crippen LogP contribution is -2.10. The summed E-state index contributed by atoms with van der Waals surface area (Å²) in [4.78, 5) is 8.80. The van der Waals surface area contributed by atoms with Crippen LogP contribution in [0.25, 0.3) is 34.4 Å². The molecule has 8 heteroatoms. The molecular formula is C20H18FN5O2. The fourth-order valence-corrected chi connectivity index (χ4v) is 2.85. The highest BCUT2D eigenvalue weighted by Crippen LogP contribution is 2.28. The van der Waals surface area contributed by atoms with Crippen molar-refractivity contribution in [1.82, 2.24) is 24.7 Å². The van der Waals surface area contributed by atoms with Crippen LogP contribution in [0.15, 0.2) is 53.3 Å². The van der Waals surface area contributed by atoms with Gasteiger partial charge < -0.3 is 14.1 Å². The van der Waals surface area contributed by atoms with E-state index in [1.54, 1.807) is 35.2 Å². The fourth-order valence-electron chi connectivity index (χ4n) is 2.85. The van der Waals surface area contributed by atoms with Crippen LogP contribution in [0.3, 0.4) is 0 Å². The summed E-state index contributed by atoms with van der Waals surface area (Å²) in [7, 11) is 0. The maximum Gasteiger partial charge on any atom is 0.245 e. The van der Waals surface area contributed by atoms with Crippen molar-refractivity contribution in [2.45, 2.75) is 19.9 Å². The molecule has 0 aliphatic rings. The van der Waals surface area contributed by atoms with E-state index in [-0.39, 0.29) is 24.4 Å². The van der Waals surface area contributed by atoms with E-state index in [0.29, 0.717) is 28.5 Å². The molecule has 3 aromatic heterocycles. The molecule has 0 bridgehead atoms. The third-order valence-corrected chi connectivity index (χ3v) is 4.41. The third-order valence-electron chi connectivity index (χ3n) is 4.41. The number of nitrogens with zero attached hydrogens (tertiary/aromatic N) is 5. The minimum atomic E-state index is -0.365. The van der Waals surface area contributed by atoms with Crippen LogP contribution in [-0.2, 0) is 0 Å². The van der Waals surface area contributed by atoms with E-state index >= 15 is 0 Å². The summed E-state index contributed by atoms with van der Waals surface area (Å²) in [6.45, 7) is 3.63. The first kappa shape index (κ1) is 18.0. The van der Waals surface area contributed by atoms with Crippen molar-refractivity contribution < 1.29 is 13.9 Å². The van der Waals surface area contributed by atoms with E-state index in [1.165, 1.54) is 12.3 Å². The molecule has 0 saturated carbocycles. The summed E-state index contributed by atoms with van der Waals surface area (Å²) in [5.74, 6) is 0.769. The van der Waals surface area contributed by atoms with Gasteiger partial charge in [-0.3, -0.25) is 0 Å². The summed E-state index contributed by atoms with van der Waals surface area (Å²) in [6, 6.07) is 10.1. The standard InChI is InChI=1S/C20H18FN5O2/c1-12-6-7-14(15(21)8-12)18-9-22-20(28-18)17-5-3-4-16(24-17)19-25-23-11-26(19)13(2)10-27/h3-9,11,13,27H,10H2,1-2H3. The van der Waals surface area contributed by atoms with Gasteiger partial charge in [0.15, 0.2) is 11.6 Å². The molecule has 1 unspecified atom stereocenters. The Morgan fingerprint density at radius 3 is 2.82 bits per heavy atom. The van der Waals surface area contributed by atoms with Gasteiger partial charge in [-0.25, -0.2) is 14.4 Å². The smallest absolute Gasteiger partial charge is 0.245 e. The van der Waals surface area contributed by atoms with Crippen LogP contribution in [0.2, 0.25) is 0 Å². The minimum Gasteiger partial charge on any atom is -0.435 e. The molecular weight excluding hydrogens is 361 g/mol. The highest BCUT2D eigenvalue weighted by molar-refractivity contribution is 5.62. The highest BCUT2D eigenvalue weighted by Gasteiger charge is 2.17. The molecule has 3 heterocycles. The van der Waals surface area contributed by atoms with Crippen molar-refractivity contribution in [1.29, 1.82) is 0 Å². The molecule has 1 aromatic carbocycles. The van der Waals surface area contributed by atoms with E-state index in [2.05, 4.69) is 20.2 Å². The Balaban J connectivity index is 1.70. The Bertz CT molecular complexity index is 1120. The molecule has 0 aliphatic carbocycles. The maximum absolute atomic E-state index is 14.2. The molecule has 0 radical (unpaired) electrons. The van der Waals surface area contributed by atoms with E-state index in [1.807, 2.05) is 19.9 Å². The summed E-state index contributed by atoms with van der Waals surface area (Å²) < 4.78 is 21.7. The van der Waals surface area contributed by atoms with Gasteiger partial charge >= 0.3 is 0 Å². The summed E-state index contributed by atoms with van der Waals surface area (Å²) in [6.07, 6.45) is 3.03. The zero-order valence-corrected chi connectivity index (χ0v) is 15.4. The maximum atomic E-state index is 14.2. The molecule has 142 valence electrons. The molecule has 28 heavy (non-hydrogen) atoms. The number of rotatable bonds is 5. The first-order chi connectivity index (χ1) is 13.6. The Hall–Kier alpha value is -3.39. The predicted octanol–water partition coefficient (Wildman–Crippen LogP) is 3.66. The average Bonchev–Trinajstić information content (AvgIpc) is 3.37. The molecule has 4 aromatic rings. The van der Waals surface area contributed by atoms with Gasteiger partial charge in [0, 0.05) is 0 Å². The molecule has 1 N–H and O–H groups in total. The highest BCUT2D eigenvalue weighted by atomic mass is 19.1. The first-order valence-electron chi connectivity index (χ1n) is 8.77. The topological polar surface area (TPSA) is 89.9 Å². The monoisotopic (exact) mass is 379 g/mol. The van der Waals surface area contributed by atoms with Crippen LogP contribution in [0.5, 0.6) is 0 Å². The number of benzene rings is 1. The molecule has 0 fully saturated rings. The Labute approximate surface area is 160 Å². The van der Waals surface area contributed by atoms with Gasteiger partial charge in [-0.1, -0.05) is 12.1 Å². The Kier molecular flexibility index (Phi) is 4.70. The Morgan fingerprint density at radius 2 is 2.04 bits per heavy atom. The van der Waals surface area contributed by atoms with Crippen LogP contribution in [0.4, 0.5) is 4.39 Å². The molecule has 0 aliphatic heterocycles. The lowest BCUT2D eigenvalue weighted by Gasteiger charge is -2.12. The van der Waals surface area contributed by atoms with Gasteiger partial charge in [0.1, 0.15) is 23.5 Å². The number of aliphatic hydroxyl groups is 1. The quantitative estimate of drug-likeness (QED) is 0.569. The number of oxazole rings is 1. The average molecular weight is 379 g/mol.